The van der Waals surface area contributed by atoms with E-state index in [1.807, 2.05) is 54.6 Å². The number of ether oxygens (including phenoxy) is 1. The number of hydrogen-bond donors (Lipinski definition) is 0. The molecule has 0 aliphatic carbocycles. The third-order valence-corrected chi connectivity index (χ3v) is 5.70. The fraction of sp³-hybridized carbons (Fsp3) is 0.0800. The highest BCUT2D eigenvalue weighted by Gasteiger charge is 2.15. The summed E-state index contributed by atoms with van der Waals surface area (Å²) in [6.07, 6.45) is 0. The van der Waals surface area contributed by atoms with E-state index < -0.39 is 0 Å². The highest BCUT2D eigenvalue weighted by atomic mass is 35.5. The number of halogens is 2. The van der Waals surface area contributed by atoms with Crippen LogP contribution in [0.25, 0.3) is 33.2 Å². The predicted octanol–water partition coefficient (Wildman–Crippen LogP) is 7.24. The zero-order valence-electron chi connectivity index (χ0n) is 16.1. The van der Waals surface area contributed by atoms with Crippen LogP contribution in [0.4, 0.5) is 0 Å². The van der Waals surface area contributed by atoms with Gasteiger partial charge in [0.05, 0.1) is 22.6 Å². The summed E-state index contributed by atoms with van der Waals surface area (Å²) >= 11 is 12.6. The van der Waals surface area contributed by atoms with Gasteiger partial charge in [0.1, 0.15) is 18.2 Å². The van der Waals surface area contributed by atoms with Crippen molar-refractivity contribution in [2.24, 2.45) is 0 Å². The quantitative estimate of drug-likeness (QED) is 0.292. The molecule has 0 bridgehead atoms. The monoisotopic (exact) mass is 432 g/mol. The minimum atomic E-state index is 0.507. The number of nitrogens with zero attached hydrogens (tertiary/aromatic N) is 2. The lowest BCUT2D eigenvalue weighted by atomic mass is 10.1. The first-order valence-electron chi connectivity index (χ1n) is 9.72. The number of benzene rings is 4. The lowest BCUT2D eigenvalue weighted by Gasteiger charge is -2.13. The minimum Gasteiger partial charge on any atom is -0.491 e. The summed E-state index contributed by atoms with van der Waals surface area (Å²) in [5.41, 5.74) is 2.81. The molecule has 0 fully saturated rings. The van der Waals surface area contributed by atoms with E-state index in [1.54, 1.807) is 6.07 Å². The van der Waals surface area contributed by atoms with Gasteiger partial charge in [-0.2, -0.15) is 0 Å². The van der Waals surface area contributed by atoms with E-state index in [0.717, 1.165) is 38.9 Å². The first kappa shape index (κ1) is 19.0. The average Bonchev–Trinajstić information content (AvgIpc) is 3.12. The van der Waals surface area contributed by atoms with Gasteiger partial charge in [0.25, 0.3) is 0 Å². The number of para-hydroxylation sites is 2. The maximum Gasteiger partial charge on any atom is 0.142 e. The van der Waals surface area contributed by atoms with Gasteiger partial charge in [-0.05, 0) is 41.8 Å². The summed E-state index contributed by atoms with van der Waals surface area (Å²) in [5.74, 6) is 1.68. The zero-order chi connectivity index (χ0) is 20.5. The van der Waals surface area contributed by atoms with Crippen LogP contribution < -0.4 is 4.74 Å². The summed E-state index contributed by atoms with van der Waals surface area (Å²) < 4.78 is 8.33. The second kappa shape index (κ2) is 8.02. The van der Waals surface area contributed by atoms with Gasteiger partial charge in [0, 0.05) is 16.0 Å². The molecule has 0 spiro atoms. The van der Waals surface area contributed by atoms with Gasteiger partial charge in [-0.1, -0.05) is 71.7 Å². The molecule has 0 N–H and O–H groups in total. The van der Waals surface area contributed by atoms with Gasteiger partial charge in [-0.25, -0.2) is 4.98 Å². The molecule has 0 saturated heterocycles. The van der Waals surface area contributed by atoms with E-state index >= 15 is 0 Å². The second-order valence-electron chi connectivity index (χ2n) is 7.03. The third-order valence-electron chi connectivity index (χ3n) is 5.15. The van der Waals surface area contributed by atoms with E-state index in [2.05, 4.69) is 28.8 Å². The molecule has 1 aromatic heterocycles. The molecule has 4 aromatic carbocycles. The molecule has 0 amide bonds. The van der Waals surface area contributed by atoms with E-state index in [1.165, 1.54) is 0 Å². The lowest BCUT2D eigenvalue weighted by molar-refractivity contribution is 0.304. The summed E-state index contributed by atoms with van der Waals surface area (Å²) in [4.78, 5) is 4.83. The Morgan fingerprint density at radius 1 is 0.833 bits per heavy atom. The van der Waals surface area contributed by atoms with Crippen LogP contribution in [-0.4, -0.2) is 16.2 Å². The van der Waals surface area contributed by atoms with Crippen LogP contribution in [0.15, 0.2) is 84.9 Å². The molecule has 0 atom stereocenters. The Morgan fingerprint density at radius 3 is 2.53 bits per heavy atom. The SMILES string of the molecule is Clc1ccc(-c2nc3ccccc3n2CCOc2cccc3ccccc23)c(Cl)c1. The Bertz CT molecular complexity index is 1350. The smallest absolute Gasteiger partial charge is 0.142 e. The minimum absolute atomic E-state index is 0.507. The maximum atomic E-state index is 6.49. The molecular formula is C25H18Cl2N2O. The maximum absolute atomic E-state index is 6.49. The summed E-state index contributed by atoms with van der Waals surface area (Å²) in [7, 11) is 0. The van der Waals surface area contributed by atoms with Crippen LogP contribution in [0.3, 0.4) is 0 Å². The highest BCUT2D eigenvalue weighted by Crippen LogP contribution is 2.32. The molecule has 0 saturated carbocycles. The Balaban J connectivity index is 1.49. The van der Waals surface area contributed by atoms with Crippen LogP contribution in [0.5, 0.6) is 5.75 Å². The van der Waals surface area contributed by atoms with E-state index in [0.29, 0.717) is 23.2 Å². The number of fused-ring (bicyclic) bond motifs is 2. The number of aromatic nitrogens is 2. The number of hydrogen-bond acceptors (Lipinski definition) is 2. The van der Waals surface area contributed by atoms with Gasteiger partial charge in [-0.3, -0.25) is 0 Å². The normalized spacial score (nSPS) is 11.3. The van der Waals surface area contributed by atoms with Gasteiger partial charge in [0.2, 0.25) is 0 Å². The molecule has 0 unspecified atom stereocenters. The third kappa shape index (κ3) is 3.51. The topological polar surface area (TPSA) is 27.1 Å². The predicted molar refractivity (Wildman–Crippen MR) is 125 cm³/mol. The lowest BCUT2D eigenvalue weighted by Crippen LogP contribution is -2.10. The van der Waals surface area contributed by atoms with Crippen LogP contribution in [-0.2, 0) is 6.54 Å². The van der Waals surface area contributed by atoms with E-state index in [9.17, 15) is 0 Å². The molecule has 5 rings (SSSR count). The van der Waals surface area contributed by atoms with Gasteiger partial charge >= 0.3 is 0 Å². The average molecular weight is 433 g/mol. The number of rotatable bonds is 5. The van der Waals surface area contributed by atoms with Crippen LogP contribution in [0, 0.1) is 0 Å². The van der Waals surface area contributed by atoms with E-state index in [-0.39, 0.29) is 0 Å². The molecule has 0 aliphatic rings. The molecule has 3 nitrogen and oxygen atoms in total. The fourth-order valence-electron chi connectivity index (χ4n) is 3.75. The molecule has 5 aromatic rings. The Hall–Kier alpha value is -3.01. The Kier molecular flexibility index (Phi) is 5.07. The molecule has 148 valence electrons. The van der Waals surface area contributed by atoms with Gasteiger partial charge in [-0.15, -0.1) is 0 Å². The van der Waals surface area contributed by atoms with Crippen molar-refractivity contribution in [1.29, 1.82) is 0 Å². The summed E-state index contributed by atoms with van der Waals surface area (Å²) in [6.45, 7) is 1.14. The molecular weight excluding hydrogens is 415 g/mol. The van der Waals surface area contributed by atoms with Crippen molar-refractivity contribution in [2.45, 2.75) is 6.54 Å². The first-order chi connectivity index (χ1) is 14.7. The standard InChI is InChI=1S/C25H18Cl2N2O/c26-18-12-13-20(21(27)16-18)25-28-22-9-3-4-10-23(22)29(25)14-15-30-24-11-5-7-17-6-1-2-8-19(17)24/h1-13,16H,14-15H2. The van der Waals surface area contributed by atoms with Crippen LogP contribution >= 0.6 is 23.2 Å². The molecule has 0 radical (unpaired) electrons. The number of imidazole rings is 1. The van der Waals surface area contributed by atoms with Crippen LogP contribution in [0.2, 0.25) is 10.0 Å². The van der Waals surface area contributed by atoms with Crippen molar-refractivity contribution in [1.82, 2.24) is 9.55 Å². The van der Waals surface area contributed by atoms with Crippen molar-refractivity contribution < 1.29 is 4.74 Å². The largest absolute Gasteiger partial charge is 0.491 e. The van der Waals surface area contributed by atoms with Crippen molar-refractivity contribution in [2.75, 3.05) is 6.61 Å². The fourth-order valence-corrected chi connectivity index (χ4v) is 4.24. The second-order valence-corrected chi connectivity index (χ2v) is 7.87. The van der Waals surface area contributed by atoms with Crippen molar-refractivity contribution >= 4 is 45.0 Å². The molecule has 5 heteroatoms. The Morgan fingerprint density at radius 2 is 1.63 bits per heavy atom. The van der Waals surface area contributed by atoms with E-state index in [4.69, 9.17) is 32.9 Å². The zero-order valence-corrected chi connectivity index (χ0v) is 17.6. The Labute approximate surface area is 184 Å². The van der Waals surface area contributed by atoms with Gasteiger partial charge in [0.15, 0.2) is 0 Å². The molecule has 30 heavy (non-hydrogen) atoms. The molecule has 0 aliphatic heterocycles. The van der Waals surface area contributed by atoms with Crippen LogP contribution in [0.1, 0.15) is 0 Å². The van der Waals surface area contributed by atoms with Crippen molar-refractivity contribution in [3.63, 3.8) is 0 Å². The summed E-state index contributed by atoms with van der Waals surface area (Å²) in [6, 6.07) is 27.9. The first-order valence-corrected chi connectivity index (χ1v) is 10.5. The summed E-state index contributed by atoms with van der Waals surface area (Å²) in [5, 5.41) is 3.45. The molecule has 1 heterocycles. The van der Waals surface area contributed by atoms with Gasteiger partial charge < -0.3 is 9.30 Å². The van der Waals surface area contributed by atoms with Crippen molar-refractivity contribution in [3.05, 3.63) is 95.0 Å². The highest BCUT2D eigenvalue weighted by molar-refractivity contribution is 6.36. The van der Waals surface area contributed by atoms with Crippen molar-refractivity contribution in [3.8, 4) is 17.1 Å².